The second kappa shape index (κ2) is 15.3. The van der Waals surface area contributed by atoms with E-state index in [2.05, 4.69) is 15.6 Å². The minimum Gasteiger partial charge on any atom is -0.487 e. The van der Waals surface area contributed by atoms with Crippen LogP contribution in [0.2, 0.25) is 10.0 Å². The number of pyridine rings is 1. The molecule has 15 heteroatoms. The molecule has 1 aliphatic rings. The maximum Gasteiger partial charge on any atom is 0.245 e. The second-order valence-corrected chi connectivity index (χ2v) is 12.3. The van der Waals surface area contributed by atoms with Gasteiger partial charge in [0.25, 0.3) is 0 Å². The molecule has 1 fully saturated rings. The first-order valence-electron chi connectivity index (χ1n) is 12.8. The smallest absolute Gasteiger partial charge is 0.245 e. The first-order valence-corrected chi connectivity index (χ1v) is 15.0. The van der Waals surface area contributed by atoms with Gasteiger partial charge in [0.15, 0.2) is 5.96 Å². The highest BCUT2D eigenvalue weighted by atomic mass is 35.5. The van der Waals surface area contributed by atoms with Crippen molar-refractivity contribution in [2.45, 2.75) is 50.7 Å². The molecule has 1 saturated heterocycles. The average Bonchev–Trinajstić information content (AvgIpc) is 3.39. The molecule has 2 heterocycles. The standard InChI is InChI=1S/C27H32Cl2N6O4S.2ClH/c1-16-14-17(2)34-25-18(16)6-3-8-22(25)39-15-19-20(28)9-10-23(24(19)29)40(37,38)35-13-4-7-21(35)26(36)32-11-5-12-33-27(30)31;;/h3,6,8-10,14,21H,4-5,7,11-13,15H2,1-2H3,(H,32,36)(H4,30,31,33);2*1H/t21-;;/m0../s1. The molecule has 42 heavy (non-hydrogen) atoms. The number of carbonyl (C=O) groups is 1. The number of sulfonamides is 1. The van der Waals surface area contributed by atoms with Crippen molar-refractivity contribution in [2.75, 3.05) is 19.6 Å². The third kappa shape index (κ3) is 7.89. The van der Waals surface area contributed by atoms with E-state index in [-0.39, 0.29) is 64.8 Å². The third-order valence-electron chi connectivity index (χ3n) is 6.72. The maximum absolute atomic E-state index is 13.7. The molecule has 0 radical (unpaired) electrons. The van der Waals surface area contributed by atoms with Crippen LogP contribution in [0.15, 0.2) is 41.3 Å². The normalized spacial score (nSPS) is 15.0. The zero-order valence-corrected chi connectivity index (χ0v) is 27.0. The molecule has 0 unspecified atom stereocenters. The average molecular weight is 680 g/mol. The number of fused-ring (bicyclic) bond motifs is 1. The van der Waals surface area contributed by atoms with Gasteiger partial charge in [-0.25, -0.2) is 13.4 Å². The predicted molar refractivity (Wildman–Crippen MR) is 171 cm³/mol. The first-order chi connectivity index (χ1) is 19.0. The Morgan fingerprint density at radius 2 is 1.88 bits per heavy atom. The van der Waals surface area contributed by atoms with E-state index in [1.165, 1.54) is 16.4 Å². The molecule has 1 amide bonds. The number of guanidine groups is 1. The van der Waals surface area contributed by atoms with Gasteiger partial charge in [-0.05, 0) is 62.9 Å². The number of para-hydroxylation sites is 1. The Morgan fingerprint density at radius 1 is 1.17 bits per heavy atom. The number of nitrogens with one attached hydrogen (secondary N) is 3. The molecule has 0 saturated carbocycles. The molecule has 3 aromatic rings. The van der Waals surface area contributed by atoms with Gasteiger partial charge in [0.05, 0.1) is 5.02 Å². The topological polar surface area (TPSA) is 150 Å². The van der Waals surface area contributed by atoms with Gasteiger partial charge in [-0.2, -0.15) is 4.31 Å². The van der Waals surface area contributed by atoms with E-state index in [1.54, 1.807) is 6.07 Å². The number of benzene rings is 2. The summed E-state index contributed by atoms with van der Waals surface area (Å²) in [6.07, 6.45) is 1.46. The molecule has 0 aliphatic carbocycles. The Balaban J connectivity index is 0.00000308. The van der Waals surface area contributed by atoms with Gasteiger partial charge in [0, 0.05) is 41.3 Å². The monoisotopic (exact) mass is 678 g/mol. The van der Waals surface area contributed by atoms with E-state index >= 15 is 0 Å². The van der Waals surface area contributed by atoms with Gasteiger partial charge in [-0.15, -0.1) is 24.8 Å². The molecule has 1 aliphatic heterocycles. The summed E-state index contributed by atoms with van der Waals surface area (Å²) in [7, 11) is -4.12. The van der Waals surface area contributed by atoms with Crippen LogP contribution in [0.1, 0.15) is 36.1 Å². The fourth-order valence-corrected chi connectivity index (χ4v) is 7.31. The van der Waals surface area contributed by atoms with Crippen molar-refractivity contribution in [2.24, 2.45) is 5.73 Å². The van der Waals surface area contributed by atoms with Crippen LogP contribution >= 0.6 is 48.0 Å². The van der Waals surface area contributed by atoms with Crippen LogP contribution in [-0.2, 0) is 21.4 Å². The Bertz CT molecular complexity index is 1560. The van der Waals surface area contributed by atoms with Gasteiger partial charge < -0.3 is 21.1 Å². The highest BCUT2D eigenvalue weighted by Crippen LogP contribution is 2.36. The van der Waals surface area contributed by atoms with Crippen LogP contribution in [0, 0.1) is 19.3 Å². The van der Waals surface area contributed by atoms with Crippen molar-refractivity contribution in [1.82, 2.24) is 19.9 Å². The number of carbonyl (C=O) groups excluding carboxylic acids is 1. The van der Waals surface area contributed by atoms with E-state index in [0.29, 0.717) is 49.2 Å². The van der Waals surface area contributed by atoms with Crippen molar-refractivity contribution in [3.63, 3.8) is 0 Å². The minimum atomic E-state index is -4.12. The molecule has 230 valence electrons. The zero-order chi connectivity index (χ0) is 29.0. The van der Waals surface area contributed by atoms with Crippen LogP contribution in [0.25, 0.3) is 10.9 Å². The lowest BCUT2D eigenvalue weighted by atomic mass is 10.1. The van der Waals surface area contributed by atoms with Gasteiger partial charge in [-0.1, -0.05) is 35.3 Å². The quantitative estimate of drug-likeness (QED) is 0.138. The molecule has 0 spiro atoms. The number of hydrogen-bond acceptors (Lipinski definition) is 6. The summed E-state index contributed by atoms with van der Waals surface area (Å²) in [5, 5.41) is 13.8. The van der Waals surface area contributed by atoms with E-state index in [1.807, 2.05) is 32.0 Å². The Hall–Kier alpha value is -2.54. The molecule has 4 rings (SSSR count). The molecule has 2 aromatic carbocycles. The minimum absolute atomic E-state index is 0. The number of halogens is 4. The van der Waals surface area contributed by atoms with Crippen molar-refractivity contribution in [1.29, 1.82) is 5.41 Å². The van der Waals surface area contributed by atoms with Gasteiger partial charge in [-0.3, -0.25) is 10.2 Å². The van der Waals surface area contributed by atoms with Crippen LogP contribution in [0.5, 0.6) is 5.75 Å². The Kier molecular flexibility index (Phi) is 13.0. The summed E-state index contributed by atoms with van der Waals surface area (Å²) in [6.45, 7) is 4.75. The molecular formula is C27H34Cl4N6O4S. The fourth-order valence-electron chi connectivity index (χ4n) is 4.79. The maximum atomic E-state index is 13.7. The summed E-state index contributed by atoms with van der Waals surface area (Å²) in [6, 6.07) is 9.59. The molecular weight excluding hydrogens is 646 g/mol. The van der Waals surface area contributed by atoms with E-state index < -0.39 is 16.1 Å². The van der Waals surface area contributed by atoms with Crippen LogP contribution in [-0.4, -0.2) is 55.2 Å². The number of aryl methyl sites for hydroxylation is 2. The first kappa shape index (κ1) is 35.7. The molecule has 10 nitrogen and oxygen atoms in total. The number of nitrogens with two attached hydrogens (primary N) is 1. The van der Waals surface area contributed by atoms with Crippen LogP contribution in [0.4, 0.5) is 0 Å². The molecule has 1 aromatic heterocycles. The third-order valence-corrected chi connectivity index (χ3v) is 9.57. The van der Waals surface area contributed by atoms with Crippen LogP contribution in [0.3, 0.4) is 0 Å². The zero-order valence-electron chi connectivity index (χ0n) is 23.1. The van der Waals surface area contributed by atoms with Gasteiger partial charge >= 0.3 is 0 Å². The SMILES string of the molecule is Cc1cc(C)c2cccc(OCc3c(Cl)ccc(S(=O)(=O)N4CCC[C@H]4C(=O)NCCCNC(=N)N)c3Cl)c2n1.Cl.Cl. The Morgan fingerprint density at radius 3 is 2.60 bits per heavy atom. The number of ether oxygens (including phenoxy) is 1. The van der Waals surface area contributed by atoms with Crippen LogP contribution < -0.4 is 21.1 Å². The Labute approximate surface area is 268 Å². The predicted octanol–water partition coefficient (Wildman–Crippen LogP) is 4.72. The summed E-state index contributed by atoms with van der Waals surface area (Å²) in [5.74, 6) is -0.00552. The van der Waals surface area contributed by atoms with Crippen molar-refractivity contribution in [3.8, 4) is 5.75 Å². The second-order valence-electron chi connectivity index (χ2n) is 9.62. The van der Waals surface area contributed by atoms with Crippen molar-refractivity contribution >= 4 is 80.8 Å². The fraction of sp³-hybridized carbons (Fsp3) is 0.370. The summed E-state index contributed by atoms with van der Waals surface area (Å²) in [4.78, 5) is 17.3. The molecule has 5 N–H and O–H groups in total. The van der Waals surface area contributed by atoms with Crippen molar-refractivity contribution in [3.05, 3.63) is 63.3 Å². The highest BCUT2D eigenvalue weighted by Gasteiger charge is 2.40. The molecule has 1 atom stereocenters. The van der Waals surface area contributed by atoms with Gasteiger partial charge in [0.1, 0.15) is 28.8 Å². The lowest BCUT2D eigenvalue weighted by Gasteiger charge is -2.24. The van der Waals surface area contributed by atoms with Gasteiger partial charge in [0.2, 0.25) is 15.9 Å². The lowest BCUT2D eigenvalue weighted by Crippen LogP contribution is -2.46. The van der Waals surface area contributed by atoms with E-state index in [0.717, 1.165) is 16.6 Å². The lowest BCUT2D eigenvalue weighted by molar-refractivity contribution is -0.124. The van der Waals surface area contributed by atoms with E-state index in [4.69, 9.17) is 39.1 Å². The number of aromatic nitrogens is 1. The summed E-state index contributed by atoms with van der Waals surface area (Å²) < 4.78 is 34.7. The number of nitrogens with zero attached hydrogens (tertiary/aromatic N) is 2. The number of hydrogen-bond donors (Lipinski definition) is 4. The summed E-state index contributed by atoms with van der Waals surface area (Å²) in [5.41, 5.74) is 8.18. The summed E-state index contributed by atoms with van der Waals surface area (Å²) >= 11 is 13.1. The number of rotatable bonds is 10. The highest BCUT2D eigenvalue weighted by molar-refractivity contribution is 7.89. The number of amides is 1. The molecule has 0 bridgehead atoms. The van der Waals surface area contributed by atoms with Crippen molar-refractivity contribution < 1.29 is 17.9 Å². The largest absolute Gasteiger partial charge is 0.487 e. The van der Waals surface area contributed by atoms with E-state index in [9.17, 15) is 13.2 Å².